The van der Waals surface area contributed by atoms with E-state index in [0.717, 1.165) is 10.6 Å². The number of hydrogen-bond donors (Lipinski definition) is 0. The quantitative estimate of drug-likeness (QED) is 0.784. The van der Waals surface area contributed by atoms with E-state index in [-0.39, 0.29) is 5.75 Å². The Morgan fingerprint density at radius 1 is 1.42 bits per heavy atom. The molecular weight excluding hydrogens is 314 g/mol. The van der Waals surface area contributed by atoms with Crippen LogP contribution in [0, 0.1) is 0 Å². The molecule has 0 radical (unpaired) electrons. The smallest absolute Gasteiger partial charge is 0.288 e. The molecule has 0 fully saturated rings. The number of anilines is 1. The van der Waals surface area contributed by atoms with Crippen LogP contribution in [0.15, 0.2) is 32.4 Å². The molecule has 19 heavy (non-hydrogen) atoms. The lowest BCUT2D eigenvalue weighted by Crippen LogP contribution is -2.35. The zero-order valence-electron chi connectivity index (χ0n) is 9.42. The molecule has 3 rings (SSSR count). The van der Waals surface area contributed by atoms with Crippen LogP contribution in [0.4, 0.5) is 14.5 Å². The maximum Gasteiger partial charge on any atom is 0.288 e. The Balaban J connectivity index is 1.96. The summed E-state index contributed by atoms with van der Waals surface area (Å²) < 4.78 is 51.2. The van der Waals surface area contributed by atoms with Crippen molar-refractivity contribution in [3.63, 3.8) is 0 Å². The van der Waals surface area contributed by atoms with Crippen molar-refractivity contribution in [1.29, 1.82) is 0 Å². The Hall–Kier alpha value is -0.800. The fourth-order valence-electron chi connectivity index (χ4n) is 1.89. The van der Waals surface area contributed by atoms with E-state index in [1.807, 2.05) is 0 Å². The molecule has 0 unspecified atom stereocenters. The van der Waals surface area contributed by atoms with Crippen LogP contribution in [0.5, 0.6) is 0 Å². The minimum atomic E-state index is -3.38. The molecule has 0 atom stereocenters. The SMILES string of the molecule is O=S1(=O)CCN2C(=N1)Sc1cc(SC(F)F)ccc12. The van der Waals surface area contributed by atoms with E-state index in [1.54, 1.807) is 23.1 Å². The van der Waals surface area contributed by atoms with Crippen molar-refractivity contribution in [3.05, 3.63) is 18.2 Å². The Kier molecular flexibility index (Phi) is 3.22. The topological polar surface area (TPSA) is 49.7 Å². The Morgan fingerprint density at radius 3 is 2.95 bits per heavy atom. The van der Waals surface area contributed by atoms with Gasteiger partial charge in [-0.25, -0.2) is 8.42 Å². The predicted molar refractivity (Wildman–Crippen MR) is 72.7 cm³/mol. The minimum absolute atomic E-state index is 0.0238. The van der Waals surface area contributed by atoms with Gasteiger partial charge in [0.15, 0.2) is 5.17 Å². The lowest BCUT2D eigenvalue weighted by Gasteiger charge is -2.22. The average Bonchev–Trinajstić information content (AvgIpc) is 2.62. The molecule has 0 saturated heterocycles. The third-order valence-corrected chi connectivity index (χ3v) is 5.68. The standard InChI is InChI=1S/C10H8F2N2O2S3/c11-9(12)17-6-1-2-7-8(5-6)18-10-13-19(15,16)4-3-14(7)10/h1-2,5,9H,3-4H2. The first-order valence-electron chi connectivity index (χ1n) is 5.31. The van der Waals surface area contributed by atoms with E-state index in [4.69, 9.17) is 0 Å². The number of alkyl halides is 2. The molecule has 2 aliphatic heterocycles. The minimum Gasteiger partial charge on any atom is -0.318 e. The third kappa shape index (κ3) is 2.59. The lowest BCUT2D eigenvalue weighted by molar-refractivity contribution is 0.252. The zero-order valence-corrected chi connectivity index (χ0v) is 11.9. The van der Waals surface area contributed by atoms with Crippen molar-refractivity contribution >= 4 is 44.4 Å². The summed E-state index contributed by atoms with van der Waals surface area (Å²) >= 11 is 1.68. The van der Waals surface area contributed by atoms with Crippen molar-refractivity contribution in [2.24, 2.45) is 4.40 Å². The molecule has 102 valence electrons. The van der Waals surface area contributed by atoms with E-state index in [9.17, 15) is 17.2 Å². The number of fused-ring (bicyclic) bond motifs is 3. The van der Waals surface area contributed by atoms with Crippen LogP contribution in [-0.2, 0) is 10.0 Å². The number of thioether (sulfide) groups is 2. The van der Waals surface area contributed by atoms with Crippen molar-refractivity contribution in [2.45, 2.75) is 15.5 Å². The number of rotatable bonds is 2. The first kappa shape index (κ1) is 13.2. The largest absolute Gasteiger partial charge is 0.318 e. The molecule has 0 aliphatic carbocycles. The summed E-state index contributed by atoms with van der Waals surface area (Å²) in [5, 5.41) is 0.403. The molecule has 1 aromatic carbocycles. The fraction of sp³-hybridized carbons (Fsp3) is 0.300. The van der Waals surface area contributed by atoms with Gasteiger partial charge in [0.1, 0.15) is 0 Å². The second-order valence-electron chi connectivity index (χ2n) is 3.92. The molecule has 4 nitrogen and oxygen atoms in total. The van der Waals surface area contributed by atoms with Crippen LogP contribution in [0.2, 0.25) is 0 Å². The maximum absolute atomic E-state index is 12.3. The Bertz CT molecular complexity index is 661. The summed E-state index contributed by atoms with van der Waals surface area (Å²) in [4.78, 5) is 3.03. The van der Waals surface area contributed by atoms with Crippen molar-refractivity contribution in [2.75, 3.05) is 17.2 Å². The number of hydrogen-bond acceptors (Lipinski definition) is 5. The molecule has 2 aliphatic rings. The highest BCUT2D eigenvalue weighted by Gasteiger charge is 2.33. The van der Waals surface area contributed by atoms with Gasteiger partial charge in [-0.15, -0.1) is 4.40 Å². The second kappa shape index (κ2) is 4.64. The molecule has 0 saturated carbocycles. The second-order valence-corrected chi connectivity index (χ2v) is 7.75. The predicted octanol–water partition coefficient (Wildman–Crippen LogP) is 2.61. The van der Waals surface area contributed by atoms with E-state index in [2.05, 4.69) is 4.40 Å². The first-order valence-corrected chi connectivity index (χ1v) is 8.62. The Morgan fingerprint density at radius 2 is 2.21 bits per heavy atom. The highest BCUT2D eigenvalue weighted by Crippen LogP contribution is 2.44. The van der Waals surface area contributed by atoms with E-state index in [1.165, 1.54) is 11.8 Å². The first-order chi connectivity index (χ1) is 8.94. The summed E-state index contributed by atoms with van der Waals surface area (Å²) in [5.74, 6) is -2.49. The average molecular weight is 322 g/mol. The van der Waals surface area contributed by atoms with Gasteiger partial charge in [-0.05, 0) is 30.0 Å². The normalized spacial score (nSPS) is 20.2. The molecule has 0 spiro atoms. The molecule has 0 N–H and O–H groups in total. The molecule has 0 aromatic heterocycles. The highest BCUT2D eigenvalue weighted by molar-refractivity contribution is 8.15. The van der Waals surface area contributed by atoms with E-state index >= 15 is 0 Å². The van der Waals surface area contributed by atoms with Gasteiger partial charge in [0.25, 0.3) is 15.8 Å². The highest BCUT2D eigenvalue weighted by atomic mass is 32.2. The molecule has 0 amide bonds. The molecule has 0 bridgehead atoms. The van der Waals surface area contributed by atoms with Crippen LogP contribution in [-0.4, -0.2) is 31.6 Å². The Labute approximate surface area is 117 Å². The molecule has 9 heteroatoms. The molecule has 1 aromatic rings. The fourth-order valence-corrected chi connectivity index (χ4v) is 4.80. The third-order valence-electron chi connectivity index (χ3n) is 2.67. The number of benzene rings is 1. The van der Waals surface area contributed by atoms with Crippen LogP contribution in [0.3, 0.4) is 0 Å². The van der Waals surface area contributed by atoms with Crippen molar-refractivity contribution < 1.29 is 17.2 Å². The summed E-state index contributed by atoms with van der Waals surface area (Å²) in [6.07, 6.45) is 0. The monoisotopic (exact) mass is 322 g/mol. The van der Waals surface area contributed by atoms with Gasteiger partial charge in [0.05, 0.1) is 11.4 Å². The number of nitrogens with zero attached hydrogens (tertiary/aromatic N) is 2. The van der Waals surface area contributed by atoms with Crippen molar-refractivity contribution in [1.82, 2.24) is 0 Å². The van der Waals surface area contributed by atoms with Crippen LogP contribution in [0.1, 0.15) is 0 Å². The van der Waals surface area contributed by atoms with E-state index in [0.29, 0.717) is 28.4 Å². The van der Waals surface area contributed by atoms with Crippen LogP contribution in [0.25, 0.3) is 0 Å². The van der Waals surface area contributed by atoms with Gasteiger partial charge in [-0.2, -0.15) is 8.78 Å². The summed E-state index contributed by atoms with van der Waals surface area (Å²) in [6.45, 7) is 0.350. The van der Waals surface area contributed by atoms with Gasteiger partial charge >= 0.3 is 0 Å². The summed E-state index contributed by atoms with van der Waals surface area (Å²) in [7, 11) is -3.38. The van der Waals surface area contributed by atoms with Crippen LogP contribution < -0.4 is 4.90 Å². The van der Waals surface area contributed by atoms with E-state index < -0.39 is 15.8 Å². The summed E-state index contributed by atoms with van der Waals surface area (Å²) in [6, 6.07) is 4.99. The molecule has 2 heterocycles. The molecular formula is C10H8F2N2O2S3. The van der Waals surface area contributed by atoms with Gasteiger partial charge in [-0.3, -0.25) is 0 Å². The zero-order chi connectivity index (χ0) is 13.6. The maximum atomic E-state index is 12.3. The number of amidine groups is 1. The number of halogens is 2. The van der Waals surface area contributed by atoms with Crippen molar-refractivity contribution in [3.8, 4) is 0 Å². The lowest BCUT2D eigenvalue weighted by atomic mass is 10.3. The van der Waals surface area contributed by atoms with Gasteiger partial charge in [0.2, 0.25) is 0 Å². The van der Waals surface area contributed by atoms with Gasteiger partial charge in [0, 0.05) is 16.3 Å². The van der Waals surface area contributed by atoms with Crippen LogP contribution >= 0.6 is 23.5 Å². The van der Waals surface area contributed by atoms with Gasteiger partial charge in [-0.1, -0.05) is 11.8 Å². The summed E-state index contributed by atoms with van der Waals surface area (Å²) in [5.41, 5.74) is 0.831. The number of sulfonamides is 1. The van der Waals surface area contributed by atoms with Gasteiger partial charge < -0.3 is 4.90 Å².